The van der Waals surface area contributed by atoms with Gasteiger partial charge < -0.3 is 10.1 Å². The zero-order chi connectivity index (χ0) is 24.0. The summed E-state index contributed by atoms with van der Waals surface area (Å²) in [6.07, 6.45) is 1.61. The molecule has 0 saturated carbocycles. The normalized spacial score (nSPS) is 15.4. The number of likely N-dealkylation sites (N-methyl/N-ethyl adjacent to an activating group) is 1. The van der Waals surface area contributed by atoms with E-state index in [4.69, 9.17) is 4.74 Å². The fraction of sp³-hybridized carbons (Fsp3) is 0.417. The number of carbonyl (C=O) groups is 2. The van der Waals surface area contributed by atoms with E-state index in [0.717, 1.165) is 42.5 Å². The van der Waals surface area contributed by atoms with E-state index < -0.39 is 10.0 Å². The van der Waals surface area contributed by atoms with Crippen LogP contribution in [-0.2, 0) is 21.4 Å². The first-order valence-corrected chi connectivity index (χ1v) is 12.3. The smallest absolute Gasteiger partial charge is 0.243 e. The number of hydrogen-bond acceptors (Lipinski definition) is 6. The van der Waals surface area contributed by atoms with Crippen molar-refractivity contribution in [1.82, 2.24) is 14.5 Å². The Balaban J connectivity index is 1.48. The molecule has 3 rings (SSSR count). The molecular formula is C24H31N3O5S. The van der Waals surface area contributed by atoms with Crippen LogP contribution >= 0.6 is 0 Å². The van der Waals surface area contributed by atoms with Gasteiger partial charge in [-0.2, -0.15) is 4.31 Å². The number of amides is 1. The van der Waals surface area contributed by atoms with Crippen molar-refractivity contribution in [2.75, 3.05) is 33.8 Å². The Morgan fingerprint density at radius 3 is 2.39 bits per heavy atom. The zero-order valence-corrected chi connectivity index (χ0v) is 20.1. The highest BCUT2D eigenvalue weighted by molar-refractivity contribution is 7.89. The standard InChI is InChI=1S/C24H31N3O5S/c1-18(28)20-7-9-23(10-8-20)33(30,31)26(2)17-24(29)25-21-11-13-27(14-12-21)16-19-5-4-6-22(15-19)32-3/h4-10,15,21H,11-14,16-17H2,1-3H3,(H,25,29). The van der Waals surface area contributed by atoms with Crippen molar-refractivity contribution in [2.24, 2.45) is 0 Å². The minimum atomic E-state index is -3.82. The molecule has 33 heavy (non-hydrogen) atoms. The number of methoxy groups -OCH3 is 1. The number of benzene rings is 2. The zero-order valence-electron chi connectivity index (χ0n) is 19.3. The van der Waals surface area contributed by atoms with Gasteiger partial charge in [-0.1, -0.05) is 24.3 Å². The first-order valence-electron chi connectivity index (χ1n) is 10.9. The second-order valence-electron chi connectivity index (χ2n) is 8.31. The summed E-state index contributed by atoms with van der Waals surface area (Å²) in [5.41, 5.74) is 1.62. The third kappa shape index (κ3) is 6.63. The van der Waals surface area contributed by atoms with Gasteiger partial charge in [0.2, 0.25) is 15.9 Å². The van der Waals surface area contributed by atoms with Crippen molar-refractivity contribution in [1.29, 1.82) is 0 Å². The lowest BCUT2D eigenvalue weighted by atomic mass is 10.0. The Kier molecular flexibility index (Phi) is 8.23. The van der Waals surface area contributed by atoms with E-state index in [9.17, 15) is 18.0 Å². The van der Waals surface area contributed by atoms with Crippen LogP contribution in [0.4, 0.5) is 0 Å². The second kappa shape index (κ2) is 10.9. The van der Waals surface area contributed by atoms with E-state index in [0.29, 0.717) is 5.56 Å². The van der Waals surface area contributed by atoms with E-state index in [1.807, 2.05) is 18.2 Å². The van der Waals surface area contributed by atoms with Gasteiger partial charge in [0.05, 0.1) is 18.6 Å². The molecule has 1 aliphatic rings. The number of hydrogen-bond donors (Lipinski definition) is 1. The van der Waals surface area contributed by atoms with Gasteiger partial charge in [-0.05, 0) is 49.6 Å². The van der Waals surface area contributed by atoms with Gasteiger partial charge in [-0.25, -0.2) is 8.42 Å². The van der Waals surface area contributed by atoms with Crippen LogP contribution in [0.2, 0.25) is 0 Å². The van der Waals surface area contributed by atoms with E-state index in [2.05, 4.69) is 16.3 Å². The van der Waals surface area contributed by atoms with Crippen molar-refractivity contribution in [3.63, 3.8) is 0 Å². The summed E-state index contributed by atoms with van der Waals surface area (Å²) in [4.78, 5) is 26.3. The van der Waals surface area contributed by atoms with E-state index in [-0.39, 0.29) is 29.2 Å². The highest BCUT2D eigenvalue weighted by Crippen LogP contribution is 2.18. The van der Waals surface area contributed by atoms with Crippen molar-refractivity contribution in [2.45, 2.75) is 37.2 Å². The molecule has 2 aromatic carbocycles. The Labute approximate surface area is 195 Å². The summed E-state index contributed by atoms with van der Waals surface area (Å²) in [5, 5.41) is 2.96. The number of likely N-dealkylation sites (tertiary alicyclic amines) is 1. The Bertz CT molecular complexity index is 1080. The Morgan fingerprint density at radius 2 is 1.79 bits per heavy atom. The maximum absolute atomic E-state index is 12.7. The molecule has 0 bridgehead atoms. The third-order valence-corrected chi connectivity index (χ3v) is 7.65. The number of rotatable bonds is 9. The molecule has 0 radical (unpaired) electrons. The molecule has 1 aliphatic heterocycles. The van der Waals surface area contributed by atoms with Crippen molar-refractivity contribution < 1.29 is 22.7 Å². The molecule has 178 valence electrons. The molecular weight excluding hydrogens is 442 g/mol. The summed E-state index contributed by atoms with van der Waals surface area (Å²) < 4.78 is 31.8. The molecule has 1 N–H and O–H groups in total. The molecule has 0 aromatic heterocycles. The molecule has 2 aromatic rings. The molecule has 9 heteroatoms. The minimum absolute atomic E-state index is 0.0185. The summed E-state index contributed by atoms with van der Waals surface area (Å²) in [5.74, 6) is 0.373. The lowest BCUT2D eigenvalue weighted by molar-refractivity contribution is -0.122. The summed E-state index contributed by atoms with van der Waals surface area (Å²) in [7, 11) is -0.791. The Hall–Kier alpha value is -2.75. The van der Waals surface area contributed by atoms with Gasteiger partial charge in [-0.15, -0.1) is 0 Å². The SMILES string of the molecule is COc1cccc(CN2CCC(NC(=O)CN(C)S(=O)(=O)c3ccc(C(C)=O)cc3)CC2)c1. The van der Waals surface area contributed by atoms with Crippen molar-refractivity contribution in [3.8, 4) is 5.75 Å². The average molecular weight is 474 g/mol. The van der Waals surface area contributed by atoms with Crippen LogP contribution in [0.25, 0.3) is 0 Å². The van der Waals surface area contributed by atoms with Gasteiger partial charge >= 0.3 is 0 Å². The summed E-state index contributed by atoms with van der Waals surface area (Å²) in [6.45, 7) is 3.67. The molecule has 0 aliphatic carbocycles. The Morgan fingerprint density at radius 1 is 1.12 bits per heavy atom. The van der Waals surface area contributed by atoms with Crippen LogP contribution in [-0.4, -0.2) is 69.1 Å². The third-order valence-electron chi connectivity index (χ3n) is 5.83. The van der Waals surface area contributed by atoms with Crippen LogP contribution in [0.15, 0.2) is 53.4 Å². The number of nitrogens with zero attached hydrogens (tertiary/aromatic N) is 2. The predicted octanol–water partition coefficient (Wildman–Crippen LogP) is 2.30. The number of nitrogens with one attached hydrogen (secondary N) is 1. The number of ether oxygens (including phenoxy) is 1. The highest BCUT2D eigenvalue weighted by Gasteiger charge is 2.25. The van der Waals surface area contributed by atoms with E-state index in [1.54, 1.807) is 7.11 Å². The lowest BCUT2D eigenvalue weighted by Gasteiger charge is -2.32. The molecule has 1 heterocycles. The number of piperidine rings is 1. The fourth-order valence-electron chi connectivity index (χ4n) is 3.87. The van der Waals surface area contributed by atoms with Crippen molar-refractivity contribution >= 4 is 21.7 Å². The monoisotopic (exact) mass is 473 g/mol. The topological polar surface area (TPSA) is 96.0 Å². The van der Waals surface area contributed by atoms with Crippen LogP contribution in [0, 0.1) is 0 Å². The molecule has 0 spiro atoms. The molecule has 0 atom stereocenters. The molecule has 1 amide bonds. The van der Waals surface area contributed by atoms with Crippen LogP contribution in [0.1, 0.15) is 35.7 Å². The quantitative estimate of drug-likeness (QED) is 0.562. The predicted molar refractivity (Wildman–Crippen MR) is 126 cm³/mol. The first kappa shape index (κ1) is 24.9. The number of ketones is 1. The van der Waals surface area contributed by atoms with Crippen LogP contribution in [0.3, 0.4) is 0 Å². The van der Waals surface area contributed by atoms with Gasteiger partial charge in [0.15, 0.2) is 5.78 Å². The molecule has 0 unspecified atom stereocenters. The van der Waals surface area contributed by atoms with Gasteiger partial charge in [0, 0.05) is 38.3 Å². The highest BCUT2D eigenvalue weighted by atomic mass is 32.2. The van der Waals surface area contributed by atoms with E-state index >= 15 is 0 Å². The largest absolute Gasteiger partial charge is 0.497 e. The summed E-state index contributed by atoms with van der Waals surface area (Å²) >= 11 is 0. The minimum Gasteiger partial charge on any atom is -0.497 e. The van der Waals surface area contributed by atoms with Gasteiger partial charge in [-0.3, -0.25) is 14.5 Å². The van der Waals surface area contributed by atoms with Crippen molar-refractivity contribution in [3.05, 3.63) is 59.7 Å². The maximum Gasteiger partial charge on any atom is 0.243 e. The fourth-order valence-corrected chi connectivity index (χ4v) is 4.99. The maximum atomic E-state index is 12.7. The number of carbonyl (C=O) groups excluding carboxylic acids is 2. The summed E-state index contributed by atoms with van der Waals surface area (Å²) in [6, 6.07) is 13.7. The second-order valence-corrected chi connectivity index (χ2v) is 10.4. The lowest BCUT2D eigenvalue weighted by Crippen LogP contribution is -2.47. The average Bonchev–Trinajstić information content (AvgIpc) is 2.80. The molecule has 1 saturated heterocycles. The first-order chi connectivity index (χ1) is 15.7. The van der Waals surface area contributed by atoms with E-state index in [1.165, 1.54) is 43.8 Å². The molecule has 8 nitrogen and oxygen atoms in total. The van der Waals surface area contributed by atoms with Crippen LogP contribution < -0.4 is 10.1 Å². The van der Waals surface area contributed by atoms with Gasteiger partial charge in [0.1, 0.15) is 5.75 Å². The van der Waals surface area contributed by atoms with Gasteiger partial charge in [0.25, 0.3) is 0 Å². The number of Topliss-reactive ketones (excluding diaryl/α,β-unsaturated/α-hetero) is 1. The molecule has 1 fully saturated rings. The number of sulfonamides is 1. The van der Waals surface area contributed by atoms with Crippen LogP contribution in [0.5, 0.6) is 5.75 Å².